The second-order valence-electron chi connectivity index (χ2n) is 7.16. The molecular weight excluding hydrogens is 268 g/mol. The molecule has 6 nitrogen and oxygen atoms in total. The molecule has 0 atom stereocenters. The molecule has 0 radical (unpaired) electrons. The summed E-state index contributed by atoms with van der Waals surface area (Å²) in [5, 5.41) is 19.1. The number of anilines is 1. The molecule has 118 valence electrons. The third kappa shape index (κ3) is 3.36. The fourth-order valence-corrected chi connectivity index (χ4v) is 3.00. The summed E-state index contributed by atoms with van der Waals surface area (Å²) in [5.74, 6) is 0.567. The Labute approximate surface area is 126 Å². The topological polar surface area (TPSA) is 73.0 Å². The molecule has 0 bridgehead atoms. The van der Waals surface area contributed by atoms with Crippen LogP contribution in [0, 0.1) is 22.5 Å². The third-order valence-corrected chi connectivity index (χ3v) is 4.41. The zero-order chi connectivity index (χ0) is 15.8. The first-order chi connectivity index (χ1) is 9.71. The first kappa shape index (κ1) is 15.8. The van der Waals surface area contributed by atoms with Gasteiger partial charge in [-0.15, -0.1) is 0 Å². The molecule has 1 aliphatic rings. The van der Waals surface area contributed by atoms with Gasteiger partial charge >= 0.3 is 5.69 Å². The molecule has 1 N–H and O–H groups in total. The van der Waals surface area contributed by atoms with E-state index in [0.29, 0.717) is 23.0 Å². The lowest BCUT2D eigenvalue weighted by Crippen LogP contribution is -2.31. The molecule has 0 amide bonds. The van der Waals surface area contributed by atoms with Crippen molar-refractivity contribution in [2.45, 2.75) is 72.4 Å². The van der Waals surface area contributed by atoms with Gasteiger partial charge in [0.25, 0.3) is 0 Å². The van der Waals surface area contributed by atoms with E-state index in [2.05, 4.69) is 24.3 Å². The van der Waals surface area contributed by atoms with Gasteiger partial charge in [-0.1, -0.05) is 13.8 Å². The van der Waals surface area contributed by atoms with Crippen LogP contribution in [-0.2, 0) is 0 Å². The first-order valence-electron chi connectivity index (χ1n) is 7.71. The Kier molecular flexibility index (Phi) is 4.25. The maximum atomic E-state index is 11.3. The minimum Gasteiger partial charge on any atom is -0.362 e. The first-order valence-corrected chi connectivity index (χ1v) is 7.71. The number of nitrogens with one attached hydrogen (secondary N) is 1. The number of aryl methyl sites for hydroxylation is 1. The predicted octanol–water partition coefficient (Wildman–Crippen LogP) is 4.06. The zero-order valence-electron chi connectivity index (χ0n) is 13.6. The van der Waals surface area contributed by atoms with Crippen molar-refractivity contribution in [1.29, 1.82) is 0 Å². The lowest BCUT2D eigenvalue weighted by molar-refractivity contribution is -0.384. The minimum absolute atomic E-state index is 0.0972. The average molecular weight is 294 g/mol. The largest absolute Gasteiger partial charge is 0.362 e. The standard InChI is InChI=1S/C15H26N4O2/c1-10(2)18-14(13(19(20)21)11(3)17-18)16-12-6-8-15(4,5)9-7-12/h10,12,16H,6-9H2,1-5H3. The van der Waals surface area contributed by atoms with Crippen molar-refractivity contribution in [3.8, 4) is 0 Å². The van der Waals surface area contributed by atoms with E-state index in [1.165, 1.54) is 0 Å². The molecule has 0 aliphatic heterocycles. The van der Waals surface area contributed by atoms with Gasteiger partial charge in [0.2, 0.25) is 5.82 Å². The van der Waals surface area contributed by atoms with Crippen LogP contribution in [0.2, 0.25) is 0 Å². The summed E-state index contributed by atoms with van der Waals surface area (Å²) in [6.45, 7) is 10.3. The Morgan fingerprint density at radius 2 is 1.95 bits per heavy atom. The highest BCUT2D eigenvalue weighted by Crippen LogP contribution is 2.38. The summed E-state index contributed by atoms with van der Waals surface area (Å²) in [4.78, 5) is 11.0. The summed E-state index contributed by atoms with van der Waals surface area (Å²) < 4.78 is 1.74. The Bertz CT molecular complexity index is 524. The van der Waals surface area contributed by atoms with Crippen molar-refractivity contribution in [2.75, 3.05) is 5.32 Å². The number of aromatic nitrogens is 2. The number of hydrogen-bond donors (Lipinski definition) is 1. The summed E-state index contributed by atoms with van der Waals surface area (Å²) >= 11 is 0. The molecule has 0 aromatic carbocycles. The molecule has 1 aromatic heterocycles. The van der Waals surface area contributed by atoms with Gasteiger partial charge in [-0.3, -0.25) is 10.1 Å². The second-order valence-corrected chi connectivity index (χ2v) is 7.16. The van der Waals surface area contributed by atoms with E-state index in [-0.39, 0.29) is 16.7 Å². The quantitative estimate of drug-likeness (QED) is 0.671. The molecule has 0 spiro atoms. The van der Waals surface area contributed by atoms with Crippen LogP contribution in [0.4, 0.5) is 11.5 Å². The van der Waals surface area contributed by atoms with E-state index < -0.39 is 0 Å². The number of rotatable bonds is 4. The Morgan fingerprint density at radius 1 is 1.38 bits per heavy atom. The lowest BCUT2D eigenvalue weighted by atomic mass is 9.75. The van der Waals surface area contributed by atoms with Crippen molar-refractivity contribution in [3.63, 3.8) is 0 Å². The van der Waals surface area contributed by atoms with E-state index in [1.807, 2.05) is 13.8 Å². The van der Waals surface area contributed by atoms with Gasteiger partial charge in [0, 0.05) is 12.1 Å². The predicted molar refractivity (Wildman–Crippen MR) is 83.7 cm³/mol. The van der Waals surface area contributed by atoms with Crippen molar-refractivity contribution < 1.29 is 4.92 Å². The van der Waals surface area contributed by atoms with Gasteiger partial charge < -0.3 is 5.32 Å². The van der Waals surface area contributed by atoms with Gasteiger partial charge in [-0.05, 0) is 51.9 Å². The fourth-order valence-electron chi connectivity index (χ4n) is 3.00. The van der Waals surface area contributed by atoms with E-state index >= 15 is 0 Å². The number of hydrogen-bond acceptors (Lipinski definition) is 4. The van der Waals surface area contributed by atoms with E-state index in [9.17, 15) is 10.1 Å². The maximum absolute atomic E-state index is 11.3. The summed E-state index contributed by atoms with van der Waals surface area (Å²) in [5.41, 5.74) is 0.985. The zero-order valence-corrected chi connectivity index (χ0v) is 13.6. The normalized spacial score (nSPS) is 19.0. The van der Waals surface area contributed by atoms with Gasteiger partial charge in [-0.25, -0.2) is 4.68 Å². The van der Waals surface area contributed by atoms with Crippen LogP contribution in [0.3, 0.4) is 0 Å². The molecule has 1 aromatic rings. The van der Waals surface area contributed by atoms with Gasteiger partial charge in [0.1, 0.15) is 5.69 Å². The highest BCUT2D eigenvalue weighted by Gasteiger charge is 2.31. The van der Waals surface area contributed by atoms with Crippen LogP contribution in [0.1, 0.15) is 65.1 Å². The SMILES string of the molecule is Cc1nn(C(C)C)c(NC2CCC(C)(C)CC2)c1[N+](=O)[O-]. The summed E-state index contributed by atoms with van der Waals surface area (Å²) in [7, 11) is 0. The Morgan fingerprint density at radius 3 is 2.43 bits per heavy atom. The number of nitro groups is 1. The van der Waals surface area contributed by atoms with Crippen LogP contribution in [0.25, 0.3) is 0 Å². The summed E-state index contributed by atoms with van der Waals surface area (Å²) in [6, 6.07) is 0.394. The van der Waals surface area contributed by atoms with E-state index in [0.717, 1.165) is 25.7 Å². The van der Waals surface area contributed by atoms with Crippen molar-refractivity contribution in [3.05, 3.63) is 15.8 Å². The highest BCUT2D eigenvalue weighted by molar-refractivity contribution is 5.60. The van der Waals surface area contributed by atoms with Gasteiger partial charge in [0.05, 0.1) is 4.92 Å². The minimum atomic E-state index is -0.323. The summed E-state index contributed by atoms with van der Waals surface area (Å²) in [6.07, 6.45) is 4.39. The van der Waals surface area contributed by atoms with Crippen LogP contribution in [-0.4, -0.2) is 20.7 Å². The van der Waals surface area contributed by atoms with E-state index in [4.69, 9.17) is 0 Å². The third-order valence-electron chi connectivity index (χ3n) is 4.41. The fraction of sp³-hybridized carbons (Fsp3) is 0.800. The second kappa shape index (κ2) is 5.66. The smallest absolute Gasteiger partial charge is 0.333 e. The molecule has 2 rings (SSSR count). The monoisotopic (exact) mass is 294 g/mol. The number of nitrogens with zero attached hydrogens (tertiary/aromatic N) is 3. The Balaban J connectivity index is 2.24. The average Bonchev–Trinajstić information content (AvgIpc) is 2.69. The van der Waals surface area contributed by atoms with Gasteiger partial charge in [-0.2, -0.15) is 5.10 Å². The molecule has 1 fully saturated rings. The van der Waals surface area contributed by atoms with Gasteiger partial charge in [0.15, 0.2) is 0 Å². The maximum Gasteiger partial charge on any atom is 0.333 e. The Hall–Kier alpha value is -1.59. The molecule has 1 heterocycles. The highest BCUT2D eigenvalue weighted by atomic mass is 16.6. The van der Waals surface area contributed by atoms with Crippen LogP contribution in [0.15, 0.2) is 0 Å². The van der Waals surface area contributed by atoms with E-state index in [1.54, 1.807) is 11.6 Å². The van der Waals surface area contributed by atoms with Crippen LogP contribution < -0.4 is 5.32 Å². The molecule has 1 aliphatic carbocycles. The molecule has 6 heteroatoms. The van der Waals surface area contributed by atoms with Crippen LogP contribution >= 0.6 is 0 Å². The molecular formula is C15H26N4O2. The van der Waals surface area contributed by atoms with Crippen molar-refractivity contribution >= 4 is 11.5 Å². The molecule has 0 saturated heterocycles. The lowest BCUT2D eigenvalue weighted by Gasteiger charge is -2.35. The van der Waals surface area contributed by atoms with Crippen molar-refractivity contribution in [2.24, 2.45) is 5.41 Å². The molecule has 0 unspecified atom stereocenters. The molecule has 1 saturated carbocycles. The van der Waals surface area contributed by atoms with Crippen LogP contribution in [0.5, 0.6) is 0 Å². The molecule has 21 heavy (non-hydrogen) atoms. The van der Waals surface area contributed by atoms with Crippen molar-refractivity contribution in [1.82, 2.24) is 9.78 Å².